The number of primary amides is 1. The number of rotatable bonds is 9. The molecule has 0 aromatic rings. The Labute approximate surface area is 153 Å². The highest BCUT2D eigenvalue weighted by Gasteiger charge is 2.29. The van der Waals surface area contributed by atoms with Crippen molar-refractivity contribution in [2.24, 2.45) is 11.5 Å². The fraction of sp³-hybridized carbons (Fsp3) is 0.615. The summed E-state index contributed by atoms with van der Waals surface area (Å²) in [4.78, 5) is 57.8. The fourth-order valence-corrected chi connectivity index (χ4v) is 1.69. The number of carbonyl (C=O) groups excluding carboxylic acids is 4. The second kappa shape index (κ2) is 10.9. The second-order valence-corrected chi connectivity index (χ2v) is 5.55. The number of aliphatic hydroxyl groups is 2. The smallest absolute Gasteiger partial charge is 0.328 e. The van der Waals surface area contributed by atoms with Crippen LogP contribution in [0.2, 0.25) is 0 Å². The van der Waals surface area contributed by atoms with Gasteiger partial charge in [0.1, 0.15) is 12.1 Å². The zero-order valence-corrected chi connectivity index (χ0v) is 14.7. The molecule has 0 aromatic heterocycles. The van der Waals surface area contributed by atoms with Gasteiger partial charge in [-0.2, -0.15) is 0 Å². The molecule has 5 amide bonds. The van der Waals surface area contributed by atoms with Crippen LogP contribution in [0.4, 0.5) is 4.79 Å². The first-order valence-corrected chi connectivity index (χ1v) is 7.61. The van der Waals surface area contributed by atoms with Crippen LogP contribution >= 0.6 is 0 Å². The summed E-state index contributed by atoms with van der Waals surface area (Å²) >= 11 is 0. The van der Waals surface area contributed by atoms with Crippen molar-refractivity contribution in [2.45, 2.75) is 37.6 Å². The minimum atomic E-state index is -1.64. The number of nitrogens with zero attached hydrogens (tertiary/aromatic N) is 1. The molecule has 0 spiro atoms. The normalized spacial score (nSPS) is 14.9. The molecule has 14 heteroatoms. The van der Waals surface area contributed by atoms with Crippen LogP contribution in [0.15, 0.2) is 0 Å². The Bertz CT molecular complexity index is 583. The fourth-order valence-electron chi connectivity index (χ4n) is 1.69. The summed E-state index contributed by atoms with van der Waals surface area (Å²) in [5, 5.41) is 31.4. The lowest BCUT2D eigenvalue weighted by atomic mass is 10.1. The first-order chi connectivity index (χ1) is 12.4. The standard InChI is InChI=1S/C13H24N6O8/c1-5(21)9(15)10(23)18-19(2)11(24)6(3-8(14)22)16-13(27)17-7(4-20)12(25)26/h5-7,9,20-21H,3-4,15H2,1-2H3,(H2,14,22)(H,18,23)(H,25,26)(H2,16,17,27)/t5?,6-,7-,9-/m1/s1. The van der Waals surface area contributed by atoms with Crippen LogP contribution in [0, 0.1) is 0 Å². The Balaban J connectivity index is 5.08. The molecular weight excluding hydrogens is 368 g/mol. The summed E-state index contributed by atoms with van der Waals surface area (Å²) < 4.78 is 0. The van der Waals surface area contributed by atoms with Crippen LogP contribution in [-0.4, -0.2) is 87.9 Å². The van der Waals surface area contributed by atoms with Crippen molar-refractivity contribution in [1.29, 1.82) is 0 Å². The third kappa shape index (κ3) is 8.30. The summed E-state index contributed by atoms with van der Waals surface area (Å²) in [5.41, 5.74) is 12.5. The Kier molecular flexibility index (Phi) is 9.70. The number of hydrazine groups is 1. The zero-order chi connectivity index (χ0) is 21.3. The van der Waals surface area contributed by atoms with Gasteiger partial charge in [0.25, 0.3) is 11.8 Å². The van der Waals surface area contributed by atoms with Crippen molar-refractivity contribution in [2.75, 3.05) is 13.7 Å². The van der Waals surface area contributed by atoms with Gasteiger partial charge in [-0.25, -0.2) is 9.59 Å². The van der Waals surface area contributed by atoms with Gasteiger partial charge in [-0.15, -0.1) is 0 Å². The molecule has 0 saturated heterocycles. The van der Waals surface area contributed by atoms with E-state index >= 15 is 0 Å². The molecule has 14 nitrogen and oxygen atoms in total. The van der Waals surface area contributed by atoms with Gasteiger partial charge >= 0.3 is 12.0 Å². The summed E-state index contributed by atoms with van der Waals surface area (Å²) in [7, 11) is 1.09. The van der Waals surface area contributed by atoms with E-state index in [-0.39, 0.29) is 0 Å². The van der Waals surface area contributed by atoms with Gasteiger partial charge in [0.05, 0.1) is 19.1 Å². The number of hydrogen-bond acceptors (Lipinski definition) is 8. The lowest BCUT2D eigenvalue weighted by Gasteiger charge is -2.26. The van der Waals surface area contributed by atoms with Crippen molar-refractivity contribution in [3.05, 3.63) is 0 Å². The molecule has 0 bridgehead atoms. The molecule has 0 aliphatic rings. The van der Waals surface area contributed by atoms with E-state index in [9.17, 15) is 29.1 Å². The number of amides is 5. The van der Waals surface area contributed by atoms with Gasteiger partial charge in [-0.3, -0.25) is 24.8 Å². The first kappa shape index (κ1) is 24.0. The van der Waals surface area contributed by atoms with Crippen LogP contribution in [0.3, 0.4) is 0 Å². The van der Waals surface area contributed by atoms with E-state index in [0.29, 0.717) is 5.01 Å². The number of carboxylic acids is 1. The maximum absolute atomic E-state index is 12.3. The highest BCUT2D eigenvalue weighted by Crippen LogP contribution is 1.98. The van der Waals surface area contributed by atoms with Crippen LogP contribution in [0.1, 0.15) is 13.3 Å². The quantitative estimate of drug-likeness (QED) is 0.175. The zero-order valence-electron chi connectivity index (χ0n) is 14.7. The predicted octanol–water partition coefficient (Wildman–Crippen LogP) is -4.83. The Morgan fingerprint density at radius 3 is 2.04 bits per heavy atom. The molecule has 27 heavy (non-hydrogen) atoms. The van der Waals surface area contributed by atoms with Gasteiger partial charge in [0.2, 0.25) is 5.91 Å². The van der Waals surface area contributed by atoms with Crippen LogP contribution < -0.4 is 27.5 Å². The number of carboxylic acid groups (broad SMARTS) is 1. The highest BCUT2D eigenvalue weighted by atomic mass is 16.4. The van der Waals surface area contributed by atoms with Crippen LogP contribution in [0.5, 0.6) is 0 Å². The number of urea groups is 1. The van der Waals surface area contributed by atoms with Crippen molar-refractivity contribution in [1.82, 2.24) is 21.1 Å². The highest BCUT2D eigenvalue weighted by molar-refractivity contribution is 5.93. The number of aliphatic hydroxyl groups excluding tert-OH is 2. The molecule has 10 N–H and O–H groups in total. The molecule has 0 aliphatic carbocycles. The Morgan fingerprint density at radius 2 is 1.63 bits per heavy atom. The minimum Gasteiger partial charge on any atom is -0.480 e. The van der Waals surface area contributed by atoms with Gasteiger partial charge in [-0.05, 0) is 6.92 Å². The monoisotopic (exact) mass is 392 g/mol. The number of carbonyl (C=O) groups is 5. The number of nitrogens with one attached hydrogen (secondary N) is 3. The molecule has 0 aliphatic heterocycles. The van der Waals surface area contributed by atoms with E-state index in [1.807, 2.05) is 10.6 Å². The van der Waals surface area contributed by atoms with E-state index < -0.39 is 67.0 Å². The van der Waals surface area contributed by atoms with Gasteiger partial charge < -0.3 is 37.4 Å². The molecule has 0 rings (SSSR count). The minimum absolute atomic E-state index is 0.624. The van der Waals surface area contributed by atoms with Crippen LogP contribution in [0.25, 0.3) is 0 Å². The van der Waals surface area contributed by atoms with Gasteiger partial charge in [0.15, 0.2) is 6.04 Å². The van der Waals surface area contributed by atoms with Crippen molar-refractivity contribution < 1.29 is 39.3 Å². The maximum atomic E-state index is 12.3. The van der Waals surface area contributed by atoms with Gasteiger partial charge in [-0.1, -0.05) is 0 Å². The second-order valence-electron chi connectivity index (χ2n) is 5.55. The molecule has 154 valence electrons. The van der Waals surface area contributed by atoms with Crippen molar-refractivity contribution in [3.63, 3.8) is 0 Å². The van der Waals surface area contributed by atoms with E-state index in [2.05, 4.69) is 5.43 Å². The Morgan fingerprint density at radius 1 is 1.11 bits per heavy atom. The molecule has 1 unspecified atom stereocenters. The van der Waals surface area contributed by atoms with E-state index in [0.717, 1.165) is 7.05 Å². The lowest BCUT2D eigenvalue weighted by molar-refractivity contribution is -0.143. The molecule has 4 atom stereocenters. The molecule has 0 saturated carbocycles. The van der Waals surface area contributed by atoms with Gasteiger partial charge in [0, 0.05) is 7.05 Å². The third-order valence-corrected chi connectivity index (χ3v) is 3.23. The van der Waals surface area contributed by atoms with Crippen LogP contribution in [-0.2, 0) is 19.2 Å². The summed E-state index contributed by atoms with van der Waals surface area (Å²) in [6, 6.07) is -5.71. The van der Waals surface area contributed by atoms with E-state index in [1.165, 1.54) is 6.92 Å². The number of aliphatic carboxylic acids is 1. The van der Waals surface area contributed by atoms with E-state index in [4.69, 9.17) is 21.7 Å². The first-order valence-electron chi connectivity index (χ1n) is 7.61. The summed E-state index contributed by atoms with van der Waals surface area (Å²) in [6.07, 6.45) is -1.86. The van der Waals surface area contributed by atoms with Crippen molar-refractivity contribution >= 4 is 29.7 Å². The van der Waals surface area contributed by atoms with E-state index in [1.54, 1.807) is 0 Å². The topological polar surface area (TPSA) is 237 Å². The Hall–Kier alpha value is -2.97. The number of hydrogen-bond donors (Lipinski definition) is 8. The third-order valence-electron chi connectivity index (χ3n) is 3.23. The lowest BCUT2D eigenvalue weighted by Crippen LogP contribution is -2.59. The maximum Gasteiger partial charge on any atom is 0.328 e. The average Bonchev–Trinajstić information content (AvgIpc) is 2.56. The molecule has 0 aromatic carbocycles. The number of likely N-dealkylation sites (N-methyl/N-ethyl adjacent to an activating group) is 1. The molecular formula is C13H24N6O8. The SMILES string of the molecule is CC(O)[C@@H](N)C(=O)NN(C)C(=O)[C@@H](CC(N)=O)NC(=O)N[C@H](CO)C(=O)O. The molecule has 0 radical (unpaired) electrons. The summed E-state index contributed by atoms with van der Waals surface area (Å²) in [5.74, 6) is -4.38. The average molecular weight is 392 g/mol. The van der Waals surface area contributed by atoms with Crippen molar-refractivity contribution in [3.8, 4) is 0 Å². The molecule has 0 heterocycles. The number of nitrogens with two attached hydrogens (primary N) is 2. The predicted molar refractivity (Wildman–Crippen MR) is 88.3 cm³/mol. The molecule has 0 fully saturated rings. The largest absolute Gasteiger partial charge is 0.480 e. The summed E-state index contributed by atoms with van der Waals surface area (Å²) in [6.45, 7) is 0.345.